The summed E-state index contributed by atoms with van der Waals surface area (Å²) in [7, 11) is 0. The fourth-order valence-electron chi connectivity index (χ4n) is 1.77. The lowest BCUT2D eigenvalue weighted by molar-refractivity contribution is 0.0600. The van der Waals surface area contributed by atoms with E-state index in [1.165, 1.54) is 24.3 Å². The van der Waals surface area contributed by atoms with E-state index in [1.54, 1.807) is 41.5 Å². The predicted molar refractivity (Wildman–Crippen MR) is 98.4 cm³/mol. The number of nitrogens with zero attached hydrogens (tertiary/aromatic N) is 2. The first kappa shape index (κ1) is 21.1. The molecule has 0 spiro atoms. The Morgan fingerprint density at radius 2 is 1.50 bits per heavy atom. The van der Waals surface area contributed by atoms with E-state index in [1.807, 2.05) is 0 Å². The van der Waals surface area contributed by atoms with E-state index < -0.39 is 29.3 Å². The van der Waals surface area contributed by atoms with E-state index in [9.17, 15) is 14.4 Å². The lowest BCUT2D eigenvalue weighted by Crippen LogP contribution is -2.45. The van der Waals surface area contributed by atoms with Crippen LogP contribution in [0.25, 0.3) is 0 Å². The van der Waals surface area contributed by atoms with Crippen molar-refractivity contribution in [3.05, 3.63) is 29.8 Å². The van der Waals surface area contributed by atoms with Crippen molar-refractivity contribution in [3.8, 4) is 0 Å². The number of benzene rings is 1. The van der Waals surface area contributed by atoms with Gasteiger partial charge in [0.15, 0.2) is 0 Å². The third-order valence-electron chi connectivity index (χ3n) is 2.69. The summed E-state index contributed by atoms with van der Waals surface area (Å²) in [5, 5.41) is 0. The van der Waals surface area contributed by atoms with Crippen molar-refractivity contribution >= 4 is 30.1 Å². The molecule has 0 aliphatic rings. The van der Waals surface area contributed by atoms with E-state index in [2.05, 4.69) is 4.99 Å². The maximum Gasteiger partial charge on any atom is 0.437 e. The largest absolute Gasteiger partial charge is 0.443 e. The van der Waals surface area contributed by atoms with Crippen LogP contribution in [0.2, 0.25) is 0 Å². The summed E-state index contributed by atoms with van der Waals surface area (Å²) in [6.45, 7) is 10.1. The van der Waals surface area contributed by atoms with Crippen molar-refractivity contribution in [1.29, 1.82) is 0 Å². The van der Waals surface area contributed by atoms with Crippen molar-refractivity contribution in [2.75, 3.05) is 4.90 Å². The summed E-state index contributed by atoms with van der Waals surface area (Å²) in [5.41, 5.74) is 5.02. The first-order valence-corrected chi connectivity index (χ1v) is 7.98. The number of aliphatic imine (C=N–C) groups is 1. The molecule has 8 heteroatoms. The first-order chi connectivity index (χ1) is 11.8. The van der Waals surface area contributed by atoms with Crippen molar-refractivity contribution in [1.82, 2.24) is 0 Å². The normalized spacial score (nSPS) is 12.3. The van der Waals surface area contributed by atoms with Gasteiger partial charge in [0.25, 0.3) is 0 Å². The first-order valence-electron chi connectivity index (χ1n) is 7.98. The van der Waals surface area contributed by atoms with Crippen LogP contribution >= 0.6 is 0 Å². The molecule has 142 valence electrons. The van der Waals surface area contributed by atoms with Gasteiger partial charge in [0, 0.05) is 5.56 Å². The topological polar surface area (TPSA) is 111 Å². The molecule has 0 bridgehead atoms. The number of carbonyl (C=O) groups is 3. The van der Waals surface area contributed by atoms with E-state index in [-0.39, 0.29) is 5.69 Å². The van der Waals surface area contributed by atoms with Gasteiger partial charge in [0.05, 0.1) is 5.69 Å². The van der Waals surface area contributed by atoms with Crippen LogP contribution < -0.4 is 10.6 Å². The average molecular weight is 363 g/mol. The molecule has 26 heavy (non-hydrogen) atoms. The summed E-state index contributed by atoms with van der Waals surface area (Å²) >= 11 is 0. The molecule has 0 heterocycles. The number of hydrogen-bond acceptors (Lipinski definition) is 5. The third kappa shape index (κ3) is 6.92. The molecule has 0 aromatic heterocycles. The summed E-state index contributed by atoms with van der Waals surface area (Å²) in [6, 6.07) is 5.98. The maximum absolute atomic E-state index is 12.5. The number of hydrogen-bond donors (Lipinski definition) is 1. The molecule has 0 saturated carbocycles. The summed E-state index contributed by atoms with van der Waals surface area (Å²) in [5.74, 6) is -0.410. The minimum absolute atomic E-state index is 0.287. The number of amides is 2. The highest BCUT2D eigenvalue weighted by Crippen LogP contribution is 2.19. The number of rotatable bonds is 2. The van der Waals surface area contributed by atoms with Crippen molar-refractivity contribution in [3.63, 3.8) is 0 Å². The Labute approximate surface area is 153 Å². The van der Waals surface area contributed by atoms with Gasteiger partial charge >= 0.3 is 12.2 Å². The lowest BCUT2D eigenvalue weighted by atomic mass is 10.2. The van der Waals surface area contributed by atoms with E-state index >= 15 is 0 Å². The minimum atomic E-state index is -0.937. The molecule has 0 radical (unpaired) electrons. The summed E-state index contributed by atoms with van der Waals surface area (Å²) in [6.07, 6.45) is -1.09. The van der Waals surface area contributed by atoms with Crippen LogP contribution in [-0.4, -0.2) is 35.6 Å². The highest BCUT2D eigenvalue weighted by molar-refractivity contribution is 6.15. The Morgan fingerprint density at radius 1 is 1.00 bits per heavy atom. The molecule has 1 aromatic carbocycles. The number of aldehydes is 1. The average Bonchev–Trinajstić information content (AvgIpc) is 2.44. The highest BCUT2D eigenvalue weighted by Gasteiger charge is 2.27. The van der Waals surface area contributed by atoms with Gasteiger partial charge in [-0.05, 0) is 65.8 Å². The molecule has 2 N–H and O–H groups in total. The number of ether oxygens (including phenoxy) is 2. The quantitative estimate of drug-likeness (QED) is 0.489. The summed E-state index contributed by atoms with van der Waals surface area (Å²) < 4.78 is 10.4. The van der Waals surface area contributed by atoms with Gasteiger partial charge in [-0.15, -0.1) is 4.99 Å². The van der Waals surface area contributed by atoms with Crippen LogP contribution in [0.15, 0.2) is 29.3 Å². The van der Waals surface area contributed by atoms with Crippen LogP contribution in [0.1, 0.15) is 51.9 Å². The van der Waals surface area contributed by atoms with Crippen molar-refractivity contribution in [2.24, 2.45) is 10.7 Å². The zero-order chi connectivity index (χ0) is 20.1. The van der Waals surface area contributed by atoms with E-state index in [0.717, 1.165) is 4.90 Å². The molecule has 0 aliphatic heterocycles. The molecule has 8 nitrogen and oxygen atoms in total. The highest BCUT2D eigenvalue weighted by atomic mass is 16.6. The van der Waals surface area contributed by atoms with Crippen molar-refractivity contribution < 1.29 is 23.9 Å². The molecular weight excluding hydrogens is 338 g/mol. The number of nitrogens with two attached hydrogens (primary N) is 1. The molecule has 2 amide bonds. The van der Waals surface area contributed by atoms with Gasteiger partial charge in [0.2, 0.25) is 5.96 Å². The van der Waals surface area contributed by atoms with Gasteiger partial charge in [-0.3, -0.25) is 4.79 Å². The molecule has 0 aliphatic carbocycles. The lowest BCUT2D eigenvalue weighted by Gasteiger charge is -2.26. The Kier molecular flexibility index (Phi) is 6.49. The number of carbonyl (C=O) groups excluding carboxylic acids is 3. The number of guanidine groups is 1. The van der Waals surface area contributed by atoms with Gasteiger partial charge in [-0.2, -0.15) is 0 Å². The number of anilines is 1. The van der Waals surface area contributed by atoms with Crippen LogP contribution in [-0.2, 0) is 9.47 Å². The summed E-state index contributed by atoms with van der Waals surface area (Å²) in [4.78, 5) is 39.8. The zero-order valence-corrected chi connectivity index (χ0v) is 15.9. The SMILES string of the molecule is CC(C)(C)OC(=O)N=C(N)N(C(=O)OC(C)(C)C)c1ccc(C=O)cc1. The molecule has 0 fully saturated rings. The molecular formula is C18H25N3O5. The second-order valence-electron chi connectivity index (χ2n) is 7.48. The minimum Gasteiger partial charge on any atom is -0.443 e. The third-order valence-corrected chi connectivity index (χ3v) is 2.69. The second-order valence-corrected chi connectivity index (χ2v) is 7.48. The maximum atomic E-state index is 12.5. The molecule has 0 atom stereocenters. The second kappa shape index (κ2) is 7.99. The van der Waals surface area contributed by atoms with Crippen LogP contribution in [0.5, 0.6) is 0 Å². The fraction of sp³-hybridized carbons (Fsp3) is 0.444. The van der Waals surface area contributed by atoms with Crippen LogP contribution in [0.4, 0.5) is 15.3 Å². The van der Waals surface area contributed by atoms with E-state index in [4.69, 9.17) is 15.2 Å². The van der Waals surface area contributed by atoms with Crippen molar-refractivity contribution in [2.45, 2.75) is 52.7 Å². The fourth-order valence-corrected chi connectivity index (χ4v) is 1.77. The molecule has 0 unspecified atom stereocenters. The van der Waals surface area contributed by atoms with Crippen LogP contribution in [0.3, 0.4) is 0 Å². The Hall–Kier alpha value is -2.90. The monoisotopic (exact) mass is 363 g/mol. The van der Waals surface area contributed by atoms with Gasteiger partial charge in [-0.1, -0.05) is 0 Å². The van der Waals surface area contributed by atoms with Crippen LogP contribution in [0, 0.1) is 0 Å². The van der Waals surface area contributed by atoms with E-state index in [0.29, 0.717) is 11.8 Å². The molecule has 1 rings (SSSR count). The Morgan fingerprint density at radius 3 is 1.92 bits per heavy atom. The Balaban J connectivity index is 3.23. The van der Waals surface area contributed by atoms with Gasteiger partial charge in [0.1, 0.15) is 17.5 Å². The van der Waals surface area contributed by atoms with Gasteiger partial charge in [-0.25, -0.2) is 14.5 Å². The smallest absolute Gasteiger partial charge is 0.437 e. The Bertz CT molecular complexity index is 697. The zero-order valence-electron chi connectivity index (χ0n) is 15.9. The molecule has 1 aromatic rings. The molecule has 0 saturated heterocycles. The standard InChI is InChI=1S/C18H25N3O5/c1-17(2,3)25-15(23)20-14(19)21(16(24)26-18(4,5)6)13-9-7-12(11-22)8-10-13/h7-11H,1-6H3,(H2,19,20,23). The predicted octanol–water partition coefficient (Wildman–Crippen LogP) is 3.49. The van der Waals surface area contributed by atoms with Gasteiger partial charge < -0.3 is 15.2 Å².